The van der Waals surface area contributed by atoms with E-state index in [1.807, 2.05) is 24.3 Å². The minimum Gasteiger partial charge on any atom is -0.392 e. The normalized spacial score (nSPS) is 10.3. The third-order valence-electron chi connectivity index (χ3n) is 2.22. The average Bonchev–Trinajstić information content (AvgIpc) is 2.83. The van der Waals surface area contributed by atoms with Crippen LogP contribution in [0.25, 0.3) is 0 Å². The predicted octanol–water partition coefficient (Wildman–Crippen LogP) is 1.61. The summed E-state index contributed by atoms with van der Waals surface area (Å²) >= 11 is 6.63. The van der Waals surface area contributed by atoms with Crippen LogP contribution in [0.4, 0.5) is 0 Å². The summed E-state index contributed by atoms with van der Waals surface area (Å²) in [6, 6.07) is 7.34. The molecule has 0 atom stereocenters. The summed E-state index contributed by atoms with van der Waals surface area (Å²) in [4.78, 5) is 11.7. The first-order valence-electron chi connectivity index (χ1n) is 5.15. The van der Waals surface area contributed by atoms with Crippen molar-refractivity contribution in [2.45, 2.75) is 13.2 Å². The molecule has 0 saturated carbocycles. The summed E-state index contributed by atoms with van der Waals surface area (Å²) in [7, 11) is 0. The molecule has 0 aliphatic carbocycles. The van der Waals surface area contributed by atoms with Gasteiger partial charge in [-0.15, -0.1) is 10.2 Å². The number of benzene rings is 1. The zero-order valence-electron chi connectivity index (χ0n) is 9.26. The molecule has 0 aliphatic heterocycles. The van der Waals surface area contributed by atoms with Crippen LogP contribution in [0.2, 0.25) is 4.47 Å². The van der Waals surface area contributed by atoms with E-state index in [4.69, 9.17) is 16.7 Å². The Morgan fingerprint density at radius 2 is 2.17 bits per heavy atom. The Balaban J connectivity index is 1.97. The van der Waals surface area contributed by atoms with Crippen molar-refractivity contribution in [1.29, 1.82) is 0 Å². The fraction of sp³-hybridized carbons (Fsp3) is 0.182. The molecule has 0 aliphatic rings. The SMILES string of the molecule is O=C(NCc1cccc(CO)c1)c1nnc(Cl)s1. The van der Waals surface area contributed by atoms with E-state index in [1.54, 1.807) is 0 Å². The lowest BCUT2D eigenvalue weighted by molar-refractivity contribution is 0.0950. The highest BCUT2D eigenvalue weighted by atomic mass is 35.5. The second-order valence-electron chi connectivity index (χ2n) is 3.52. The van der Waals surface area contributed by atoms with E-state index < -0.39 is 0 Å². The quantitative estimate of drug-likeness (QED) is 0.894. The Bertz CT molecular complexity index is 559. The average molecular weight is 284 g/mol. The molecule has 2 aromatic rings. The van der Waals surface area contributed by atoms with Gasteiger partial charge < -0.3 is 10.4 Å². The van der Waals surface area contributed by atoms with Crippen LogP contribution < -0.4 is 5.32 Å². The Morgan fingerprint density at radius 3 is 2.83 bits per heavy atom. The molecular formula is C11H10ClN3O2S. The highest BCUT2D eigenvalue weighted by Gasteiger charge is 2.11. The van der Waals surface area contributed by atoms with Gasteiger partial charge in [0.25, 0.3) is 5.91 Å². The molecule has 0 fully saturated rings. The van der Waals surface area contributed by atoms with Crippen LogP contribution in [0.3, 0.4) is 0 Å². The van der Waals surface area contributed by atoms with Crippen LogP contribution in [-0.2, 0) is 13.2 Å². The summed E-state index contributed by atoms with van der Waals surface area (Å²) in [5, 5.41) is 19.2. The third-order valence-corrected chi connectivity index (χ3v) is 3.24. The second-order valence-corrected chi connectivity index (χ2v) is 5.08. The Morgan fingerprint density at radius 1 is 1.39 bits per heavy atom. The number of amides is 1. The molecule has 1 amide bonds. The second kappa shape index (κ2) is 5.90. The molecule has 1 aromatic carbocycles. The van der Waals surface area contributed by atoms with Crippen molar-refractivity contribution in [3.8, 4) is 0 Å². The van der Waals surface area contributed by atoms with Gasteiger partial charge >= 0.3 is 0 Å². The summed E-state index contributed by atoms with van der Waals surface area (Å²) < 4.78 is 0.238. The number of nitrogens with zero attached hydrogens (tertiary/aromatic N) is 2. The fourth-order valence-corrected chi connectivity index (χ4v) is 2.14. The molecule has 1 heterocycles. The number of carbonyl (C=O) groups is 1. The van der Waals surface area contributed by atoms with Crippen LogP contribution in [0.5, 0.6) is 0 Å². The van der Waals surface area contributed by atoms with Gasteiger partial charge in [0, 0.05) is 6.54 Å². The van der Waals surface area contributed by atoms with Crippen molar-refractivity contribution in [1.82, 2.24) is 15.5 Å². The van der Waals surface area contributed by atoms with E-state index in [1.165, 1.54) is 0 Å². The fourth-order valence-electron chi connectivity index (χ4n) is 1.39. The van der Waals surface area contributed by atoms with Crippen molar-refractivity contribution in [2.75, 3.05) is 0 Å². The zero-order valence-corrected chi connectivity index (χ0v) is 10.8. The molecule has 1 aromatic heterocycles. The van der Waals surface area contributed by atoms with Crippen LogP contribution in [0.15, 0.2) is 24.3 Å². The Kier molecular flexibility index (Phi) is 4.24. The van der Waals surface area contributed by atoms with E-state index in [-0.39, 0.29) is 22.0 Å². The topological polar surface area (TPSA) is 75.1 Å². The number of halogens is 1. The standard InChI is InChI=1S/C11H10ClN3O2S/c12-11-15-14-10(18-11)9(17)13-5-7-2-1-3-8(4-7)6-16/h1-4,16H,5-6H2,(H,13,17). The van der Waals surface area contributed by atoms with Gasteiger partial charge in [0.15, 0.2) is 0 Å². The maximum absolute atomic E-state index is 11.7. The first-order chi connectivity index (χ1) is 8.69. The minimum absolute atomic E-state index is 0.0200. The highest BCUT2D eigenvalue weighted by molar-refractivity contribution is 7.17. The van der Waals surface area contributed by atoms with Crippen molar-refractivity contribution in [3.63, 3.8) is 0 Å². The van der Waals surface area contributed by atoms with Crippen LogP contribution >= 0.6 is 22.9 Å². The van der Waals surface area contributed by atoms with Gasteiger partial charge in [-0.05, 0) is 22.7 Å². The van der Waals surface area contributed by atoms with Crippen molar-refractivity contribution < 1.29 is 9.90 Å². The van der Waals surface area contributed by atoms with Gasteiger partial charge in [-0.25, -0.2) is 0 Å². The number of rotatable bonds is 4. The number of hydrogen-bond donors (Lipinski definition) is 2. The molecule has 94 valence electrons. The molecule has 7 heteroatoms. The maximum Gasteiger partial charge on any atom is 0.282 e. The molecule has 0 saturated heterocycles. The van der Waals surface area contributed by atoms with Gasteiger partial charge in [0.1, 0.15) is 0 Å². The molecule has 0 bridgehead atoms. The molecular weight excluding hydrogens is 274 g/mol. The van der Waals surface area contributed by atoms with Crippen LogP contribution in [0.1, 0.15) is 20.9 Å². The van der Waals surface area contributed by atoms with Gasteiger partial charge in [-0.2, -0.15) is 0 Å². The Labute approximate surface area is 112 Å². The summed E-state index contributed by atoms with van der Waals surface area (Å²) in [5.41, 5.74) is 1.71. The molecule has 18 heavy (non-hydrogen) atoms. The lowest BCUT2D eigenvalue weighted by Crippen LogP contribution is -2.22. The van der Waals surface area contributed by atoms with Gasteiger partial charge in [-0.1, -0.05) is 35.6 Å². The molecule has 0 radical (unpaired) electrons. The molecule has 0 unspecified atom stereocenters. The zero-order chi connectivity index (χ0) is 13.0. The van der Waals surface area contributed by atoms with Crippen LogP contribution in [0, 0.1) is 0 Å². The highest BCUT2D eigenvalue weighted by Crippen LogP contribution is 2.14. The number of hydrogen-bond acceptors (Lipinski definition) is 5. The monoisotopic (exact) mass is 283 g/mol. The molecule has 2 rings (SSSR count). The van der Waals surface area contributed by atoms with E-state index in [0.29, 0.717) is 6.54 Å². The molecule has 0 spiro atoms. The van der Waals surface area contributed by atoms with Crippen molar-refractivity contribution in [3.05, 3.63) is 44.9 Å². The number of carbonyl (C=O) groups excluding carboxylic acids is 1. The number of aromatic nitrogens is 2. The summed E-state index contributed by atoms with van der Waals surface area (Å²) in [6.07, 6.45) is 0. The van der Waals surface area contributed by atoms with Crippen LogP contribution in [-0.4, -0.2) is 21.2 Å². The number of aliphatic hydroxyl groups excluding tert-OH is 1. The lowest BCUT2D eigenvalue weighted by Gasteiger charge is -2.04. The van der Waals surface area contributed by atoms with Gasteiger partial charge in [0.2, 0.25) is 9.47 Å². The smallest absolute Gasteiger partial charge is 0.282 e. The van der Waals surface area contributed by atoms with Crippen molar-refractivity contribution >= 4 is 28.8 Å². The maximum atomic E-state index is 11.7. The van der Waals surface area contributed by atoms with E-state index in [2.05, 4.69) is 15.5 Å². The van der Waals surface area contributed by atoms with E-state index >= 15 is 0 Å². The first-order valence-corrected chi connectivity index (χ1v) is 6.34. The molecule has 2 N–H and O–H groups in total. The third kappa shape index (κ3) is 3.25. The largest absolute Gasteiger partial charge is 0.392 e. The summed E-state index contributed by atoms with van der Waals surface area (Å²) in [5.74, 6) is -0.311. The van der Waals surface area contributed by atoms with Gasteiger partial charge in [-0.3, -0.25) is 4.79 Å². The van der Waals surface area contributed by atoms with E-state index in [0.717, 1.165) is 22.5 Å². The first kappa shape index (κ1) is 12.9. The minimum atomic E-state index is -0.311. The summed E-state index contributed by atoms with van der Waals surface area (Å²) in [6.45, 7) is 0.345. The lowest BCUT2D eigenvalue weighted by atomic mass is 10.1. The Hall–Kier alpha value is -1.50. The van der Waals surface area contributed by atoms with E-state index in [9.17, 15) is 4.79 Å². The number of aliphatic hydroxyl groups is 1. The van der Waals surface area contributed by atoms with Crippen molar-refractivity contribution in [2.24, 2.45) is 0 Å². The predicted molar refractivity (Wildman–Crippen MR) is 68.5 cm³/mol. The number of nitrogens with one attached hydrogen (secondary N) is 1. The van der Waals surface area contributed by atoms with Gasteiger partial charge in [0.05, 0.1) is 6.61 Å². The molecule has 5 nitrogen and oxygen atoms in total.